The predicted molar refractivity (Wildman–Crippen MR) is 79.8 cm³/mol. The summed E-state index contributed by atoms with van der Waals surface area (Å²) in [7, 11) is 1.53. The Balaban J connectivity index is 2.20. The third-order valence-electron chi connectivity index (χ3n) is 2.66. The Labute approximate surface area is 128 Å². The Kier molecular flexibility index (Phi) is 4.54. The zero-order chi connectivity index (χ0) is 15.4. The fourth-order valence-corrected chi connectivity index (χ4v) is 2.17. The van der Waals surface area contributed by atoms with Gasteiger partial charge in [0.15, 0.2) is 0 Å². The van der Waals surface area contributed by atoms with E-state index >= 15 is 0 Å². The average molecular weight is 351 g/mol. The van der Waals surface area contributed by atoms with E-state index in [0.29, 0.717) is 15.8 Å². The summed E-state index contributed by atoms with van der Waals surface area (Å²) in [5.41, 5.74) is 0.446. The number of carbonyl (C=O) groups excluding carboxylic acids is 1. The van der Waals surface area contributed by atoms with Gasteiger partial charge in [-0.2, -0.15) is 0 Å². The van der Waals surface area contributed by atoms with E-state index in [1.54, 1.807) is 18.2 Å². The summed E-state index contributed by atoms with van der Waals surface area (Å²) in [6, 6.07) is 7.50. The van der Waals surface area contributed by atoms with Crippen LogP contribution in [-0.4, -0.2) is 29.1 Å². The molecule has 0 fully saturated rings. The molecule has 108 valence electrons. The number of amides is 1. The van der Waals surface area contributed by atoms with E-state index < -0.39 is 11.9 Å². The van der Waals surface area contributed by atoms with E-state index in [1.807, 2.05) is 0 Å². The van der Waals surface area contributed by atoms with Crippen molar-refractivity contribution in [3.8, 4) is 5.75 Å². The molecular formula is C14H11BrN2O4. The first-order chi connectivity index (χ1) is 10.0. The van der Waals surface area contributed by atoms with Gasteiger partial charge in [0.2, 0.25) is 0 Å². The van der Waals surface area contributed by atoms with Crippen molar-refractivity contribution in [2.24, 2.45) is 0 Å². The lowest BCUT2D eigenvalue weighted by Crippen LogP contribution is -2.13. The number of nitrogens with zero attached hydrogens (tertiary/aromatic N) is 1. The predicted octanol–water partition coefficient (Wildman–Crippen LogP) is 2.80. The molecule has 2 rings (SSSR count). The maximum Gasteiger partial charge on any atom is 0.335 e. The number of rotatable bonds is 4. The monoisotopic (exact) mass is 350 g/mol. The van der Waals surface area contributed by atoms with Crippen molar-refractivity contribution in [3.63, 3.8) is 0 Å². The number of carboxylic acid groups (broad SMARTS) is 1. The number of methoxy groups -OCH3 is 1. The number of pyridine rings is 1. The van der Waals surface area contributed by atoms with Crippen LogP contribution in [0.4, 0.5) is 5.82 Å². The van der Waals surface area contributed by atoms with Crippen LogP contribution in [0.2, 0.25) is 0 Å². The summed E-state index contributed by atoms with van der Waals surface area (Å²) in [6.07, 6.45) is 1.32. The maximum atomic E-state index is 12.1. The molecule has 0 aliphatic rings. The number of carbonyl (C=O) groups is 2. The third-order valence-corrected chi connectivity index (χ3v) is 3.28. The van der Waals surface area contributed by atoms with Gasteiger partial charge in [0.1, 0.15) is 11.6 Å². The van der Waals surface area contributed by atoms with Gasteiger partial charge in [0.05, 0.1) is 17.1 Å². The van der Waals surface area contributed by atoms with Crippen LogP contribution in [0.3, 0.4) is 0 Å². The Morgan fingerprint density at radius 2 is 2.00 bits per heavy atom. The van der Waals surface area contributed by atoms with Gasteiger partial charge in [-0.15, -0.1) is 0 Å². The molecule has 0 saturated heterocycles. The standard InChI is InChI=1S/C14H11BrN2O4/c1-21-11-3-2-8(6-10(11)15)13(18)17-12-7-9(14(19)20)4-5-16-12/h2-7H,1H3,(H,19,20)(H,16,17,18). The number of anilines is 1. The largest absolute Gasteiger partial charge is 0.496 e. The minimum Gasteiger partial charge on any atom is -0.496 e. The molecular weight excluding hydrogens is 340 g/mol. The van der Waals surface area contributed by atoms with Crippen LogP contribution in [0.15, 0.2) is 41.0 Å². The molecule has 7 heteroatoms. The zero-order valence-corrected chi connectivity index (χ0v) is 12.5. The summed E-state index contributed by atoms with van der Waals surface area (Å²) in [6.45, 7) is 0. The summed E-state index contributed by atoms with van der Waals surface area (Å²) in [5.74, 6) is -0.696. The van der Waals surface area contributed by atoms with Crippen molar-refractivity contribution in [2.75, 3.05) is 12.4 Å². The Morgan fingerprint density at radius 1 is 1.24 bits per heavy atom. The first-order valence-corrected chi connectivity index (χ1v) is 6.65. The van der Waals surface area contributed by atoms with Crippen molar-refractivity contribution in [1.29, 1.82) is 0 Å². The van der Waals surface area contributed by atoms with Crippen LogP contribution in [0.25, 0.3) is 0 Å². The van der Waals surface area contributed by atoms with Crippen molar-refractivity contribution in [1.82, 2.24) is 4.98 Å². The number of aromatic nitrogens is 1. The van der Waals surface area contributed by atoms with Crippen LogP contribution in [0.1, 0.15) is 20.7 Å². The highest BCUT2D eigenvalue weighted by atomic mass is 79.9. The molecule has 0 spiro atoms. The highest BCUT2D eigenvalue weighted by Crippen LogP contribution is 2.25. The number of benzene rings is 1. The normalized spacial score (nSPS) is 10.0. The second kappa shape index (κ2) is 6.36. The maximum absolute atomic E-state index is 12.1. The van der Waals surface area contributed by atoms with Crippen LogP contribution in [0, 0.1) is 0 Å². The van der Waals surface area contributed by atoms with Crippen molar-refractivity contribution in [3.05, 3.63) is 52.1 Å². The van der Waals surface area contributed by atoms with Crippen molar-refractivity contribution < 1.29 is 19.4 Å². The van der Waals surface area contributed by atoms with Gasteiger partial charge >= 0.3 is 5.97 Å². The highest BCUT2D eigenvalue weighted by molar-refractivity contribution is 9.10. The summed E-state index contributed by atoms with van der Waals surface area (Å²) < 4.78 is 5.73. The first-order valence-electron chi connectivity index (χ1n) is 5.85. The lowest BCUT2D eigenvalue weighted by molar-refractivity contribution is 0.0696. The fraction of sp³-hybridized carbons (Fsp3) is 0.0714. The highest BCUT2D eigenvalue weighted by Gasteiger charge is 2.11. The summed E-state index contributed by atoms with van der Waals surface area (Å²) in [4.78, 5) is 26.9. The molecule has 0 bridgehead atoms. The molecule has 6 nitrogen and oxygen atoms in total. The van der Waals surface area contributed by atoms with Gasteiger partial charge in [-0.1, -0.05) is 0 Å². The van der Waals surface area contributed by atoms with E-state index in [9.17, 15) is 9.59 Å². The van der Waals surface area contributed by atoms with Gasteiger partial charge in [0.25, 0.3) is 5.91 Å². The smallest absolute Gasteiger partial charge is 0.335 e. The van der Waals surface area contributed by atoms with Gasteiger partial charge in [-0.25, -0.2) is 9.78 Å². The molecule has 2 N–H and O–H groups in total. The number of hydrogen-bond acceptors (Lipinski definition) is 4. The molecule has 1 aromatic carbocycles. The molecule has 0 saturated carbocycles. The van der Waals surface area contributed by atoms with Crippen molar-refractivity contribution >= 4 is 33.6 Å². The van der Waals surface area contributed by atoms with E-state index in [0.717, 1.165) is 0 Å². The minimum absolute atomic E-state index is 0.0520. The second-order valence-corrected chi connectivity index (χ2v) is 4.89. The molecule has 1 aromatic heterocycles. The molecule has 21 heavy (non-hydrogen) atoms. The van der Waals surface area contributed by atoms with Gasteiger partial charge in [-0.3, -0.25) is 4.79 Å². The van der Waals surface area contributed by atoms with Crippen LogP contribution >= 0.6 is 15.9 Å². The van der Waals surface area contributed by atoms with Crippen LogP contribution < -0.4 is 10.1 Å². The Hall–Kier alpha value is -2.41. The van der Waals surface area contributed by atoms with Crippen LogP contribution in [0.5, 0.6) is 5.75 Å². The number of aromatic carboxylic acids is 1. The molecule has 0 radical (unpaired) electrons. The van der Waals surface area contributed by atoms with E-state index in [2.05, 4.69) is 26.2 Å². The van der Waals surface area contributed by atoms with E-state index in [4.69, 9.17) is 9.84 Å². The molecule has 1 amide bonds. The summed E-state index contributed by atoms with van der Waals surface area (Å²) >= 11 is 3.29. The van der Waals surface area contributed by atoms with Crippen molar-refractivity contribution in [2.45, 2.75) is 0 Å². The number of ether oxygens (including phenoxy) is 1. The van der Waals surface area contributed by atoms with Crippen LogP contribution in [-0.2, 0) is 0 Å². The molecule has 1 heterocycles. The Bertz CT molecular complexity index is 703. The van der Waals surface area contributed by atoms with E-state index in [1.165, 1.54) is 25.4 Å². The first kappa shape index (κ1) is 15.0. The Morgan fingerprint density at radius 3 is 2.62 bits per heavy atom. The van der Waals surface area contributed by atoms with Gasteiger partial charge in [-0.05, 0) is 46.3 Å². The second-order valence-electron chi connectivity index (χ2n) is 4.04. The molecule has 0 unspecified atom stereocenters. The fourth-order valence-electron chi connectivity index (χ4n) is 1.63. The SMILES string of the molecule is COc1ccc(C(=O)Nc2cc(C(=O)O)ccn2)cc1Br. The average Bonchev–Trinajstić information content (AvgIpc) is 2.47. The van der Waals surface area contributed by atoms with Gasteiger partial charge < -0.3 is 15.2 Å². The van der Waals surface area contributed by atoms with E-state index in [-0.39, 0.29) is 11.4 Å². The quantitative estimate of drug-likeness (QED) is 0.884. The number of halogens is 1. The number of carboxylic acids is 1. The third kappa shape index (κ3) is 3.57. The molecule has 0 atom stereocenters. The lowest BCUT2D eigenvalue weighted by atomic mass is 10.2. The molecule has 0 aliphatic carbocycles. The lowest BCUT2D eigenvalue weighted by Gasteiger charge is -2.07. The van der Waals surface area contributed by atoms with Gasteiger partial charge in [0, 0.05) is 11.8 Å². The zero-order valence-electron chi connectivity index (χ0n) is 11.0. The number of hydrogen-bond donors (Lipinski definition) is 2. The molecule has 2 aromatic rings. The summed E-state index contributed by atoms with van der Waals surface area (Å²) in [5, 5.41) is 11.4. The number of nitrogens with one attached hydrogen (secondary N) is 1. The minimum atomic E-state index is -1.08. The molecule has 0 aliphatic heterocycles. The topological polar surface area (TPSA) is 88.5 Å².